The number of aromatic hydroxyl groups is 1. The quantitative estimate of drug-likeness (QED) is 0.426. The van der Waals surface area contributed by atoms with Gasteiger partial charge in [-0.25, -0.2) is 9.50 Å². The molecule has 0 saturated carbocycles. The van der Waals surface area contributed by atoms with E-state index in [1.807, 2.05) is 34.8 Å². The lowest BCUT2D eigenvalue weighted by Crippen LogP contribution is -2.22. The van der Waals surface area contributed by atoms with Crippen molar-refractivity contribution < 1.29 is 5.11 Å². The van der Waals surface area contributed by atoms with Crippen LogP contribution in [-0.2, 0) is 10.8 Å². The standard InChI is InChI=1S/C26H29N3O/c1-25(2,3)20-16-21(26(4,5)6)29-24(27-20)22(17-10-8-7-9-11-17)23(28-29)18-12-14-19(30)15-13-18/h7-16,30H,1-6H3. The molecule has 0 saturated heterocycles. The van der Waals surface area contributed by atoms with Crippen LogP contribution >= 0.6 is 0 Å². The highest BCUT2D eigenvalue weighted by molar-refractivity contribution is 5.90. The minimum Gasteiger partial charge on any atom is -0.508 e. The van der Waals surface area contributed by atoms with Crippen molar-refractivity contribution >= 4 is 5.65 Å². The lowest BCUT2D eigenvalue weighted by Gasteiger charge is -2.25. The number of fused-ring (bicyclic) bond motifs is 1. The highest BCUT2D eigenvalue weighted by Crippen LogP contribution is 2.38. The predicted molar refractivity (Wildman–Crippen MR) is 123 cm³/mol. The monoisotopic (exact) mass is 399 g/mol. The van der Waals surface area contributed by atoms with E-state index in [4.69, 9.17) is 10.1 Å². The van der Waals surface area contributed by atoms with Gasteiger partial charge in [0.2, 0.25) is 0 Å². The number of hydrogen-bond donors (Lipinski definition) is 1. The number of rotatable bonds is 2. The van der Waals surface area contributed by atoms with E-state index < -0.39 is 0 Å². The van der Waals surface area contributed by atoms with Gasteiger partial charge in [-0.05, 0) is 35.9 Å². The number of hydrogen-bond acceptors (Lipinski definition) is 3. The number of benzene rings is 2. The molecule has 2 aromatic heterocycles. The summed E-state index contributed by atoms with van der Waals surface area (Å²) in [6.07, 6.45) is 0. The Balaban J connectivity index is 2.15. The van der Waals surface area contributed by atoms with Crippen LogP contribution in [0.1, 0.15) is 52.9 Å². The van der Waals surface area contributed by atoms with E-state index in [9.17, 15) is 5.11 Å². The highest BCUT2D eigenvalue weighted by atomic mass is 16.3. The Kier molecular flexibility index (Phi) is 4.69. The second kappa shape index (κ2) is 6.98. The summed E-state index contributed by atoms with van der Waals surface area (Å²) in [6, 6.07) is 19.7. The molecule has 0 bridgehead atoms. The van der Waals surface area contributed by atoms with Crippen molar-refractivity contribution in [2.24, 2.45) is 0 Å². The summed E-state index contributed by atoms with van der Waals surface area (Å²) >= 11 is 0. The zero-order chi connectivity index (χ0) is 21.7. The van der Waals surface area contributed by atoms with Crippen molar-refractivity contribution in [3.05, 3.63) is 72.1 Å². The molecule has 0 unspecified atom stereocenters. The Morgan fingerprint density at radius 2 is 1.40 bits per heavy atom. The number of aromatic nitrogens is 3. The summed E-state index contributed by atoms with van der Waals surface area (Å²) < 4.78 is 2.00. The van der Waals surface area contributed by atoms with Gasteiger partial charge in [0.1, 0.15) is 11.4 Å². The molecule has 2 heterocycles. The summed E-state index contributed by atoms with van der Waals surface area (Å²) in [4.78, 5) is 5.11. The van der Waals surface area contributed by atoms with E-state index in [0.29, 0.717) is 0 Å². The van der Waals surface area contributed by atoms with Gasteiger partial charge in [-0.15, -0.1) is 0 Å². The van der Waals surface area contributed by atoms with Gasteiger partial charge in [-0.3, -0.25) is 0 Å². The second-order valence-electron chi connectivity index (χ2n) is 9.90. The van der Waals surface area contributed by atoms with Crippen molar-refractivity contribution in [1.29, 1.82) is 0 Å². The fraction of sp³-hybridized carbons (Fsp3) is 0.308. The molecule has 4 aromatic rings. The average molecular weight is 400 g/mol. The lowest BCUT2D eigenvalue weighted by atomic mass is 9.86. The third-order valence-corrected chi connectivity index (χ3v) is 5.33. The van der Waals surface area contributed by atoms with Gasteiger partial charge in [0, 0.05) is 16.4 Å². The third kappa shape index (κ3) is 3.58. The molecule has 154 valence electrons. The van der Waals surface area contributed by atoms with Gasteiger partial charge in [0.15, 0.2) is 5.65 Å². The maximum Gasteiger partial charge on any atom is 0.164 e. The molecule has 0 aliphatic carbocycles. The van der Waals surface area contributed by atoms with E-state index in [2.05, 4.69) is 59.7 Å². The van der Waals surface area contributed by atoms with Crippen LogP contribution in [0.2, 0.25) is 0 Å². The molecule has 0 amide bonds. The molecule has 4 rings (SSSR count). The number of phenols is 1. The molecule has 0 aliphatic rings. The fourth-order valence-corrected chi connectivity index (χ4v) is 3.63. The minimum atomic E-state index is -0.104. The first-order valence-corrected chi connectivity index (χ1v) is 10.4. The summed E-state index contributed by atoms with van der Waals surface area (Å²) in [7, 11) is 0. The Morgan fingerprint density at radius 3 is 1.97 bits per heavy atom. The SMILES string of the molecule is CC(C)(C)c1cc(C(C)(C)C)n2nc(-c3ccc(O)cc3)c(-c3ccccc3)c2n1. The first-order valence-electron chi connectivity index (χ1n) is 10.4. The Labute approximate surface area is 178 Å². The lowest BCUT2D eigenvalue weighted by molar-refractivity contribution is 0.475. The summed E-state index contributed by atoms with van der Waals surface area (Å²) in [6.45, 7) is 13.2. The van der Waals surface area contributed by atoms with Gasteiger partial charge in [-0.2, -0.15) is 5.10 Å². The van der Waals surface area contributed by atoms with Gasteiger partial charge in [0.25, 0.3) is 0 Å². The number of nitrogens with zero attached hydrogens (tertiary/aromatic N) is 3. The third-order valence-electron chi connectivity index (χ3n) is 5.33. The summed E-state index contributed by atoms with van der Waals surface area (Å²) in [5.74, 6) is 0.243. The minimum absolute atomic E-state index is 0.0846. The first-order chi connectivity index (χ1) is 14.1. The Morgan fingerprint density at radius 1 is 0.767 bits per heavy atom. The van der Waals surface area contributed by atoms with Crippen LogP contribution < -0.4 is 0 Å². The van der Waals surface area contributed by atoms with Gasteiger partial charge in [0.05, 0.1) is 17.0 Å². The van der Waals surface area contributed by atoms with Gasteiger partial charge in [-0.1, -0.05) is 71.9 Å². The fourth-order valence-electron chi connectivity index (χ4n) is 3.63. The van der Waals surface area contributed by atoms with Crippen molar-refractivity contribution in [2.45, 2.75) is 52.4 Å². The molecule has 0 spiro atoms. The van der Waals surface area contributed by atoms with Crippen molar-refractivity contribution in [3.8, 4) is 28.1 Å². The van der Waals surface area contributed by atoms with Crippen molar-refractivity contribution in [3.63, 3.8) is 0 Å². The predicted octanol–water partition coefficient (Wildman–Crippen LogP) is 6.36. The normalized spacial score (nSPS) is 12.5. The molecular formula is C26H29N3O. The largest absolute Gasteiger partial charge is 0.508 e. The van der Waals surface area contributed by atoms with Crippen LogP contribution in [0.4, 0.5) is 0 Å². The summed E-state index contributed by atoms with van der Waals surface area (Å²) in [5, 5.41) is 14.8. The topological polar surface area (TPSA) is 50.4 Å². The maximum absolute atomic E-state index is 9.77. The van der Waals surface area contributed by atoms with Crippen molar-refractivity contribution in [2.75, 3.05) is 0 Å². The zero-order valence-electron chi connectivity index (χ0n) is 18.6. The van der Waals surface area contributed by atoms with E-state index in [1.54, 1.807) is 12.1 Å². The average Bonchev–Trinajstić information content (AvgIpc) is 3.06. The maximum atomic E-state index is 9.77. The highest BCUT2D eigenvalue weighted by Gasteiger charge is 2.28. The van der Waals surface area contributed by atoms with Crippen LogP contribution in [0.25, 0.3) is 28.0 Å². The molecule has 4 heteroatoms. The van der Waals surface area contributed by atoms with Crippen molar-refractivity contribution in [1.82, 2.24) is 14.6 Å². The second-order valence-corrected chi connectivity index (χ2v) is 9.90. The molecule has 1 N–H and O–H groups in total. The molecule has 30 heavy (non-hydrogen) atoms. The Hall–Kier alpha value is -3.14. The van der Waals surface area contributed by atoms with E-state index in [1.165, 1.54) is 0 Å². The van der Waals surface area contributed by atoms with Crippen LogP contribution in [0.3, 0.4) is 0 Å². The van der Waals surface area contributed by atoms with Crippen LogP contribution in [0, 0.1) is 0 Å². The van der Waals surface area contributed by atoms with Crippen LogP contribution in [0.5, 0.6) is 5.75 Å². The molecule has 0 radical (unpaired) electrons. The summed E-state index contributed by atoms with van der Waals surface area (Å²) in [5.41, 5.74) is 6.76. The molecule has 2 aromatic carbocycles. The van der Waals surface area contributed by atoms with E-state index >= 15 is 0 Å². The van der Waals surface area contributed by atoms with E-state index in [-0.39, 0.29) is 16.6 Å². The van der Waals surface area contributed by atoms with E-state index in [0.717, 1.165) is 39.4 Å². The molecule has 0 aliphatic heterocycles. The first kappa shape index (κ1) is 20.1. The van der Waals surface area contributed by atoms with Gasteiger partial charge >= 0.3 is 0 Å². The Bertz CT molecular complexity index is 1190. The zero-order valence-corrected chi connectivity index (χ0v) is 18.6. The molecule has 0 fully saturated rings. The number of phenolic OH excluding ortho intramolecular Hbond substituents is 1. The van der Waals surface area contributed by atoms with Crippen LogP contribution in [0.15, 0.2) is 60.7 Å². The molecule has 4 nitrogen and oxygen atoms in total. The smallest absolute Gasteiger partial charge is 0.164 e. The van der Waals surface area contributed by atoms with Crippen LogP contribution in [-0.4, -0.2) is 19.7 Å². The van der Waals surface area contributed by atoms with Gasteiger partial charge < -0.3 is 5.11 Å². The molecular weight excluding hydrogens is 370 g/mol. The molecule has 0 atom stereocenters.